The van der Waals surface area contributed by atoms with Crippen molar-refractivity contribution in [1.82, 2.24) is 9.80 Å². The van der Waals surface area contributed by atoms with Crippen molar-refractivity contribution in [1.29, 1.82) is 0 Å². The lowest BCUT2D eigenvalue weighted by atomic mass is 10.1. The van der Waals surface area contributed by atoms with Gasteiger partial charge in [0.25, 0.3) is 0 Å². The van der Waals surface area contributed by atoms with Crippen molar-refractivity contribution in [2.45, 2.75) is 37.9 Å². The normalized spacial score (nSPS) is 28.0. The minimum atomic E-state index is -0.649. The minimum Gasteiger partial charge on any atom is -0.480 e. The molecule has 1 aromatic rings. The second-order valence-electron chi connectivity index (χ2n) is 5.90. The third-order valence-corrected chi connectivity index (χ3v) is 4.54. The fraction of sp³-hybridized carbons (Fsp3) is 0.562. The van der Waals surface area contributed by atoms with Crippen LogP contribution in [0.15, 0.2) is 30.3 Å². The number of carboxylic acid groups (broad SMARTS) is 1. The van der Waals surface area contributed by atoms with Crippen LogP contribution in [-0.2, 0) is 11.3 Å². The first-order valence-corrected chi connectivity index (χ1v) is 7.49. The Bertz CT molecular complexity index is 463. The molecule has 2 unspecified atom stereocenters. The molecule has 0 saturated carbocycles. The van der Waals surface area contributed by atoms with Gasteiger partial charge in [-0.2, -0.15) is 0 Å². The molecule has 1 N–H and O–H groups in total. The highest BCUT2D eigenvalue weighted by atomic mass is 16.4. The molecule has 0 bridgehead atoms. The summed E-state index contributed by atoms with van der Waals surface area (Å²) >= 11 is 0. The number of hydrogen-bond donors (Lipinski definition) is 1. The second kappa shape index (κ2) is 5.94. The Labute approximate surface area is 120 Å². The Balaban J connectivity index is 1.65. The molecule has 2 saturated heterocycles. The van der Waals surface area contributed by atoms with E-state index in [-0.39, 0.29) is 6.04 Å². The van der Waals surface area contributed by atoms with Crippen LogP contribution in [0.3, 0.4) is 0 Å². The molecule has 2 aliphatic heterocycles. The van der Waals surface area contributed by atoms with Crippen molar-refractivity contribution in [3.8, 4) is 0 Å². The number of aliphatic carboxylic acids is 1. The maximum absolute atomic E-state index is 11.3. The van der Waals surface area contributed by atoms with E-state index < -0.39 is 5.97 Å². The summed E-state index contributed by atoms with van der Waals surface area (Å²) in [5, 5.41) is 9.29. The molecule has 2 aliphatic rings. The van der Waals surface area contributed by atoms with E-state index in [9.17, 15) is 9.90 Å². The number of nitrogens with zero attached hydrogens (tertiary/aromatic N) is 2. The molecule has 0 aliphatic carbocycles. The zero-order valence-corrected chi connectivity index (χ0v) is 11.7. The van der Waals surface area contributed by atoms with Gasteiger partial charge >= 0.3 is 5.97 Å². The predicted octanol–water partition coefficient (Wildman–Crippen LogP) is 1.81. The lowest BCUT2D eigenvalue weighted by molar-refractivity contribution is -0.142. The van der Waals surface area contributed by atoms with Crippen LogP contribution in [0.5, 0.6) is 0 Å². The molecule has 0 radical (unpaired) electrons. The first-order chi connectivity index (χ1) is 9.74. The zero-order chi connectivity index (χ0) is 13.9. The predicted molar refractivity (Wildman–Crippen MR) is 77.5 cm³/mol. The van der Waals surface area contributed by atoms with Gasteiger partial charge in [-0.15, -0.1) is 0 Å². The number of carbonyl (C=O) groups is 1. The molecule has 2 fully saturated rings. The van der Waals surface area contributed by atoms with Gasteiger partial charge in [0.05, 0.1) is 0 Å². The highest BCUT2D eigenvalue weighted by Crippen LogP contribution is 2.27. The molecule has 4 nitrogen and oxygen atoms in total. The second-order valence-corrected chi connectivity index (χ2v) is 5.90. The largest absolute Gasteiger partial charge is 0.480 e. The monoisotopic (exact) mass is 274 g/mol. The molecule has 0 spiro atoms. The van der Waals surface area contributed by atoms with Crippen LogP contribution in [-0.4, -0.2) is 52.6 Å². The van der Waals surface area contributed by atoms with Gasteiger partial charge in [0.2, 0.25) is 0 Å². The smallest absolute Gasteiger partial charge is 0.320 e. The molecule has 0 aromatic heterocycles. The molecule has 2 heterocycles. The molecule has 20 heavy (non-hydrogen) atoms. The Morgan fingerprint density at radius 1 is 1.20 bits per heavy atom. The van der Waals surface area contributed by atoms with Crippen LogP contribution in [0.2, 0.25) is 0 Å². The van der Waals surface area contributed by atoms with Gasteiger partial charge in [-0.1, -0.05) is 30.3 Å². The standard InChI is InChI=1S/C16H22N2O2/c19-16(20)15-8-7-14-12-17(9-4-10-18(14)15)11-13-5-2-1-3-6-13/h1-3,5-6,14-15H,4,7-12H2,(H,19,20). The third kappa shape index (κ3) is 2.86. The molecule has 1 aromatic carbocycles. The van der Waals surface area contributed by atoms with Crippen molar-refractivity contribution in [2.24, 2.45) is 0 Å². The van der Waals surface area contributed by atoms with E-state index in [4.69, 9.17) is 0 Å². The lowest BCUT2D eigenvalue weighted by Crippen LogP contribution is -2.43. The van der Waals surface area contributed by atoms with E-state index >= 15 is 0 Å². The van der Waals surface area contributed by atoms with Crippen molar-refractivity contribution in [3.05, 3.63) is 35.9 Å². The average molecular weight is 274 g/mol. The van der Waals surface area contributed by atoms with Gasteiger partial charge in [0, 0.05) is 25.7 Å². The fourth-order valence-electron chi connectivity index (χ4n) is 3.59. The molecular formula is C16H22N2O2. The van der Waals surface area contributed by atoms with Crippen LogP contribution >= 0.6 is 0 Å². The summed E-state index contributed by atoms with van der Waals surface area (Å²) in [4.78, 5) is 16.0. The molecule has 3 rings (SSSR count). The first kappa shape index (κ1) is 13.6. The van der Waals surface area contributed by atoms with Crippen molar-refractivity contribution in [3.63, 3.8) is 0 Å². The molecule has 4 heteroatoms. The van der Waals surface area contributed by atoms with Crippen LogP contribution in [0.1, 0.15) is 24.8 Å². The summed E-state index contributed by atoms with van der Waals surface area (Å²) in [5.41, 5.74) is 1.34. The maximum atomic E-state index is 11.3. The summed E-state index contributed by atoms with van der Waals surface area (Å²) in [6.07, 6.45) is 2.88. The van der Waals surface area contributed by atoms with Crippen molar-refractivity contribution < 1.29 is 9.90 Å². The van der Waals surface area contributed by atoms with E-state index in [2.05, 4.69) is 34.1 Å². The van der Waals surface area contributed by atoms with Gasteiger partial charge in [-0.3, -0.25) is 14.6 Å². The Kier molecular flexibility index (Phi) is 4.03. The first-order valence-electron chi connectivity index (χ1n) is 7.49. The van der Waals surface area contributed by atoms with Gasteiger partial charge in [0.1, 0.15) is 6.04 Å². The van der Waals surface area contributed by atoms with E-state index in [1.807, 2.05) is 6.07 Å². The molecule has 108 valence electrons. The highest BCUT2D eigenvalue weighted by Gasteiger charge is 2.39. The van der Waals surface area contributed by atoms with E-state index in [0.29, 0.717) is 6.04 Å². The van der Waals surface area contributed by atoms with Crippen LogP contribution in [0.4, 0.5) is 0 Å². The van der Waals surface area contributed by atoms with Crippen LogP contribution in [0.25, 0.3) is 0 Å². The number of fused-ring (bicyclic) bond motifs is 1. The molecular weight excluding hydrogens is 252 g/mol. The van der Waals surface area contributed by atoms with Gasteiger partial charge < -0.3 is 5.11 Å². The average Bonchev–Trinajstić information content (AvgIpc) is 2.73. The Hall–Kier alpha value is -1.39. The quantitative estimate of drug-likeness (QED) is 0.913. The molecule has 0 amide bonds. The van der Waals surface area contributed by atoms with Gasteiger partial charge in [0.15, 0.2) is 0 Å². The fourth-order valence-corrected chi connectivity index (χ4v) is 3.59. The van der Waals surface area contributed by atoms with E-state index in [1.54, 1.807) is 0 Å². The van der Waals surface area contributed by atoms with Crippen LogP contribution < -0.4 is 0 Å². The topological polar surface area (TPSA) is 43.8 Å². The van der Waals surface area contributed by atoms with Crippen molar-refractivity contribution >= 4 is 5.97 Å². The molecule has 2 atom stereocenters. The Morgan fingerprint density at radius 3 is 2.75 bits per heavy atom. The SMILES string of the molecule is O=C(O)C1CCC2CN(Cc3ccccc3)CCCN21. The number of benzene rings is 1. The van der Waals surface area contributed by atoms with Crippen molar-refractivity contribution in [2.75, 3.05) is 19.6 Å². The highest BCUT2D eigenvalue weighted by molar-refractivity contribution is 5.74. The van der Waals surface area contributed by atoms with Gasteiger partial charge in [-0.05, 0) is 31.4 Å². The van der Waals surface area contributed by atoms with E-state index in [0.717, 1.165) is 45.4 Å². The maximum Gasteiger partial charge on any atom is 0.320 e. The summed E-state index contributed by atoms with van der Waals surface area (Å²) in [5.74, 6) is -0.649. The minimum absolute atomic E-state index is 0.253. The summed E-state index contributed by atoms with van der Waals surface area (Å²) in [7, 11) is 0. The number of hydrogen-bond acceptors (Lipinski definition) is 3. The number of carboxylic acids is 1. The third-order valence-electron chi connectivity index (χ3n) is 4.54. The van der Waals surface area contributed by atoms with E-state index in [1.165, 1.54) is 5.56 Å². The zero-order valence-electron chi connectivity index (χ0n) is 11.7. The van der Waals surface area contributed by atoms with Crippen LogP contribution in [0, 0.1) is 0 Å². The summed E-state index contributed by atoms with van der Waals surface area (Å²) in [6, 6.07) is 10.7. The van der Waals surface area contributed by atoms with Gasteiger partial charge in [-0.25, -0.2) is 0 Å². The number of rotatable bonds is 3. The summed E-state index contributed by atoms with van der Waals surface area (Å²) in [6.45, 7) is 3.96. The Morgan fingerprint density at radius 2 is 2.00 bits per heavy atom. The lowest BCUT2D eigenvalue weighted by Gasteiger charge is -2.27. The summed E-state index contributed by atoms with van der Waals surface area (Å²) < 4.78 is 0.